The summed E-state index contributed by atoms with van der Waals surface area (Å²) in [7, 11) is 0. The van der Waals surface area contributed by atoms with Crippen molar-refractivity contribution in [2.75, 3.05) is 11.6 Å². The Bertz CT molecular complexity index is 484. The van der Waals surface area contributed by atoms with Gasteiger partial charge < -0.3 is 4.90 Å². The summed E-state index contributed by atoms with van der Waals surface area (Å²) >= 11 is 0. The summed E-state index contributed by atoms with van der Waals surface area (Å²) in [6, 6.07) is 5.31. The van der Waals surface area contributed by atoms with Gasteiger partial charge in [0.1, 0.15) is 6.67 Å². The number of nitro groups is 1. The van der Waals surface area contributed by atoms with Gasteiger partial charge in [0.2, 0.25) is 0 Å². The van der Waals surface area contributed by atoms with Gasteiger partial charge in [0.05, 0.1) is 4.92 Å². The molecule has 0 unspecified atom stereocenters. The van der Waals surface area contributed by atoms with Crippen molar-refractivity contribution in [1.82, 2.24) is 4.90 Å². The highest BCUT2D eigenvalue weighted by molar-refractivity contribution is 5.53. The van der Waals surface area contributed by atoms with Crippen molar-refractivity contribution >= 4 is 11.4 Å². The predicted molar refractivity (Wildman–Crippen MR) is 57.5 cm³/mol. The van der Waals surface area contributed by atoms with Crippen LogP contribution >= 0.6 is 0 Å². The Morgan fingerprint density at radius 3 is 2.22 bits per heavy atom. The second-order valence-electron chi connectivity index (χ2n) is 3.62. The molecule has 0 N–H and O–H groups in total. The van der Waals surface area contributed by atoms with Crippen LogP contribution in [0.2, 0.25) is 0 Å². The number of nitrogens with zero attached hydrogens (tertiary/aromatic N) is 3. The van der Waals surface area contributed by atoms with Gasteiger partial charge in [0.15, 0.2) is 0 Å². The molecule has 0 saturated heterocycles. The maximum atomic E-state index is 12.4. The molecule has 0 aliphatic carbocycles. The van der Waals surface area contributed by atoms with Gasteiger partial charge in [-0.1, -0.05) is 0 Å². The number of nitro benzene ring substituents is 1. The van der Waals surface area contributed by atoms with Gasteiger partial charge in [-0.3, -0.25) is 15.0 Å². The largest absolute Gasteiger partial charge is 0.485 e. The van der Waals surface area contributed by atoms with E-state index in [0.717, 1.165) is 6.20 Å². The van der Waals surface area contributed by atoms with E-state index in [1.165, 1.54) is 35.4 Å². The molecule has 2 rings (SSSR count). The van der Waals surface area contributed by atoms with Crippen LogP contribution < -0.4 is 4.90 Å². The Morgan fingerprint density at radius 1 is 1.17 bits per heavy atom. The van der Waals surface area contributed by atoms with Crippen molar-refractivity contribution in [3.63, 3.8) is 0 Å². The lowest BCUT2D eigenvalue weighted by Crippen LogP contribution is -2.36. The summed E-state index contributed by atoms with van der Waals surface area (Å²) in [5.41, 5.74) is 0.359. The number of hydrogen-bond acceptors (Lipinski definition) is 4. The topological polar surface area (TPSA) is 49.6 Å². The van der Waals surface area contributed by atoms with Crippen molar-refractivity contribution in [3.8, 4) is 0 Å². The van der Waals surface area contributed by atoms with E-state index in [-0.39, 0.29) is 17.3 Å². The molecule has 1 aromatic carbocycles. The first-order chi connectivity index (χ1) is 8.38. The van der Waals surface area contributed by atoms with E-state index in [1.54, 1.807) is 0 Å². The smallest absolute Gasteiger partial charge is 0.328 e. The molecule has 0 radical (unpaired) electrons. The summed E-state index contributed by atoms with van der Waals surface area (Å²) in [5, 5.41) is 10.4. The molecule has 1 aromatic rings. The summed E-state index contributed by atoms with van der Waals surface area (Å²) in [4.78, 5) is 11.4. The van der Waals surface area contributed by atoms with Crippen LogP contribution in [0.1, 0.15) is 0 Å². The van der Waals surface area contributed by atoms with Gasteiger partial charge in [-0.05, 0) is 12.1 Å². The van der Waals surface area contributed by atoms with Crippen molar-refractivity contribution in [1.29, 1.82) is 0 Å². The van der Waals surface area contributed by atoms with E-state index in [4.69, 9.17) is 0 Å². The van der Waals surface area contributed by atoms with Gasteiger partial charge in [-0.2, -0.15) is 13.2 Å². The number of non-ortho nitro benzene ring substituents is 1. The molecule has 0 aromatic heterocycles. The quantitative estimate of drug-likeness (QED) is 0.465. The van der Waals surface area contributed by atoms with Crippen LogP contribution in [0, 0.1) is 10.1 Å². The molecule has 0 saturated carbocycles. The lowest BCUT2D eigenvalue weighted by Gasteiger charge is -2.22. The van der Waals surface area contributed by atoms with Crippen molar-refractivity contribution in [3.05, 3.63) is 46.8 Å². The molecule has 1 aliphatic heterocycles. The molecule has 0 fully saturated rings. The van der Waals surface area contributed by atoms with Crippen LogP contribution in [0.25, 0.3) is 0 Å². The highest BCUT2D eigenvalue weighted by Crippen LogP contribution is 2.28. The van der Waals surface area contributed by atoms with E-state index in [2.05, 4.69) is 0 Å². The van der Waals surface area contributed by atoms with Crippen LogP contribution in [0.15, 0.2) is 36.7 Å². The number of rotatable bonds is 2. The number of halogens is 3. The van der Waals surface area contributed by atoms with Gasteiger partial charge in [-0.25, -0.2) is 0 Å². The third kappa shape index (κ3) is 2.36. The van der Waals surface area contributed by atoms with Crippen molar-refractivity contribution < 1.29 is 18.1 Å². The molecule has 96 valence electrons. The number of anilines is 1. The average Bonchev–Trinajstić information content (AvgIpc) is 2.78. The molecular weight excluding hydrogens is 251 g/mol. The zero-order valence-corrected chi connectivity index (χ0v) is 8.96. The monoisotopic (exact) mass is 259 g/mol. The maximum Gasteiger partial charge on any atom is 0.485 e. The fourth-order valence-corrected chi connectivity index (χ4v) is 1.52. The summed E-state index contributed by atoms with van der Waals surface area (Å²) in [6.07, 6.45) is -2.23. The molecule has 1 aliphatic rings. The second kappa shape index (κ2) is 4.21. The van der Waals surface area contributed by atoms with Gasteiger partial charge >= 0.3 is 6.30 Å². The number of hydrogen-bond donors (Lipinski definition) is 0. The van der Waals surface area contributed by atoms with Crippen LogP contribution in [-0.2, 0) is 0 Å². The Kier molecular flexibility index (Phi) is 2.85. The second-order valence-corrected chi connectivity index (χ2v) is 3.62. The molecule has 0 atom stereocenters. The highest BCUT2D eigenvalue weighted by Gasteiger charge is 2.38. The van der Waals surface area contributed by atoms with Crippen molar-refractivity contribution in [2.45, 2.75) is 6.30 Å². The van der Waals surface area contributed by atoms with E-state index in [1.807, 2.05) is 0 Å². The SMILES string of the molecule is O=[N+]([O-])c1ccc(N2C=CN(C(F)(F)F)C2)cc1. The highest BCUT2D eigenvalue weighted by atomic mass is 19.4. The summed E-state index contributed by atoms with van der Waals surface area (Å²) in [5.74, 6) is 0. The standard InChI is InChI=1S/C10H8F3N3O2/c11-10(12,13)15-6-5-14(7-15)8-1-3-9(4-2-8)16(17)18/h1-6H,7H2. The average molecular weight is 259 g/mol. The fraction of sp³-hybridized carbons (Fsp3) is 0.200. The van der Waals surface area contributed by atoms with Crippen LogP contribution in [0.3, 0.4) is 0 Å². The molecule has 8 heteroatoms. The maximum absolute atomic E-state index is 12.4. The first kappa shape index (κ1) is 12.2. The van der Waals surface area contributed by atoms with E-state index < -0.39 is 11.2 Å². The van der Waals surface area contributed by atoms with Gasteiger partial charge in [0.25, 0.3) is 5.69 Å². The Morgan fingerprint density at radius 2 is 1.78 bits per heavy atom. The molecule has 0 amide bonds. The van der Waals surface area contributed by atoms with Crippen LogP contribution in [-0.4, -0.2) is 22.8 Å². The number of alkyl halides is 3. The van der Waals surface area contributed by atoms with Crippen LogP contribution in [0.4, 0.5) is 24.5 Å². The normalized spacial score (nSPS) is 15.3. The van der Waals surface area contributed by atoms with Crippen molar-refractivity contribution in [2.24, 2.45) is 0 Å². The van der Waals surface area contributed by atoms with E-state index in [0.29, 0.717) is 5.69 Å². The number of benzene rings is 1. The van der Waals surface area contributed by atoms with E-state index in [9.17, 15) is 23.3 Å². The zero-order valence-electron chi connectivity index (χ0n) is 8.96. The first-order valence-electron chi connectivity index (χ1n) is 4.91. The zero-order chi connectivity index (χ0) is 13.3. The summed E-state index contributed by atoms with van der Waals surface area (Å²) in [6.45, 7) is -0.360. The molecule has 5 nitrogen and oxygen atoms in total. The Hall–Kier alpha value is -2.25. The summed E-state index contributed by atoms with van der Waals surface area (Å²) < 4.78 is 37.1. The van der Waals surface area contributed by atoms with Gasteiger partial charge in [-0.15, -0.1) is 0 Å². The van der Waals surface area contributed by atoms with E-state index >= 15 is 0 Å². The first-order valence-corrected chi connectivity index (χ1v) is 4.91. The Balaban J connectivity index is 2.11. The molecule has 0 spiro atoms. The minimum atomic E-state index is -4.42. The lowest BCUT2D eigenvalue weighted by atomic mass is 10.3. The minimum absolute atomic E-state index is 0.102. The minimum Gasteiger partial charge on any atom is -0.328 e. The Labute approximate surface area is 99.9 Å². The van der Waals surface area contributed by atoms with Gasteiger partial charge in [0, 0.05) is 30.2 Å². The molecule has 18 heavy (non-hydrogen) atoms. The van der Waals surface area contributed by atoms with Crippen LogP contribution in [0.5, 0.6) is 0 Å². The molecule has 1 heterocycles. The lowest BCUT2D eigenvalue weighted by molar-refractivity contribution is -0.384. The molecule has 0 bridgehead atoms. The molecular formula is C10H8F3N3O2. The predicted octanol–water partition coefficient (Wildman–Crippen LogP) is 2.67. The fourth-order valence-electron chi connectivity index (χ4n) is 1.52. The third-order valence-corrected chi connectivity index (χ3v) is 2.45. The third-order valence-electron chi connectivity index (χ3n) is 2.45.